The van der Waals surface area contributed by atoms with E-state index in [9.17, 15) is 33.7 Å². The van der Waals surface area contributed by atoms with E-state index in [1.54, 1.807) is 6.92 Å². The number of carbonyl (C=O) groups excluding carboxylic acids is 4. The van der Waals surface area contributed by atoms with Crippen LogP contribution in [-0.4, -0.2) is 50.4 Å². The van der Waals surface area contributed by atoms with E-state index in [0.717, 1.165) is 34.3 Å². The molecule has 1 aliphatic carbocycles. The van der Waals surface area contributed by atoms with E-state index in [4.69, 9.17) is 11.6 Å². The van der Waals surface area contributed by atoms with Gasteiger partial charge >= 0.3 is 0 Å². The first-order valence-corrected chi connectivity index (χ1v) is 12.2. The summed E-state index contributed by atoms with van der Waals surface area (Å²) in [6.45, 7) is 1.80. The van der Waals surface area contributed by atoms with E-state index in [-0.39, 0.29) is 35.0 Å². The highest BCUT2D eigenvalue weighted by atomic mass is 35.5. The van der Waals surface area contributed by atoms with Gasteiger partial charge in [-0.3, -0.25) is 29.3 Å². The van der Waals surface area contributed by atoms with Crippen molar-refractivity contribution < 1.29 is 28.5 Å². The molecule has 0 radical (unpaired) electrons. The second-order valence-corrected chi connectivity index (χ2v) is 9.34. The summed E-state index contributed by atoms with van der Waals surface area (Å²) in [6.07, 6.45) is 3.83. The van der Waals surface area contributed by atoms with Gasteiger partial charge in [0.25, 0.3) is 23.4 Å². The van der Waals surface area contributed by atoms with Gasteiger partial charge in [-0.2, -0.15) is 5.01 Å². The van der Waals surface area contributed by atoms with Crippen LogP contribution in [0.15, 0.2) is 60.7 Å². The third-order valence-corrected chi connectivity index (χ3v) is 6.93. The first kappa shape index (κ1) is 26.2. The maximum absolute atomic E-state index is 13.8. The van der Waals surface area contributed by atoms with Gasteiger partial charge in [0.15, 0.2) is 5.78 Å². The van der Waals surface area contributed by atoms with Gasteiger partial charge in [0.1, 0.15) is 11.9 Å². The molecule has 2 aromatic rings. The summed E-state index contributed by atoms with van der Waals surface area (Å²) in [5, 5.41) is 12.6. The third kappa shape index (κ3) is 4.89. The summed E-state index contributed by atoms with van der Waals surface area (Å²) in [5.41, 5.74) is -0.273. The molecule has 0 unspecified atom stereocenters. The van der Waals surface area contributed by atoms with Gasteiger partial charge in [0.05, 0.1) is 16.8 Å². The van der Waals surface area contributed by atoms with Gasteiger partial charge in [0, 0.05) is 29.1 Å². The lowest BCUT2D eigenvalue weighted by atomic mass is 9.78. The lowest BCUT2D eigenvalue weighted by molar-refractivity contribution is -0.384. The van der Waals surface area contributed by atoms with Gasteiger partial charge in [-0.15, -0.1) is 11.6 Å². The van der Waals surface area contributed by atoms with Crippen molar-refractivity contribution in [2.75, 3.05) is 5.88 Å². The molecule has 1 heterocycles. The number of hydrogen-bond donors (Lipinski definition) is 0. The van der Waals surface area contributed by atoms with E-state index in [0.29, 0.717) is 6.42 Å². The van der Waals surface area contributed by atoms with Crippen LogP contribution in [0.25, 0.3) is 0 Å². The zero-order chi connectivity index (χ0) is 26.9. The van der Waals surface area contributed by atoms with Crippen LogP contribution in [0.2, 0.25) is 0 Å². The number of carbonyl (C=O) groups is 4. The largest absolute Gasteiger partial charge is 0.292 e. The number of Topliss-reactive ketones (excluding diaryl/α,β-unsaturated/α-hetero) is 1. The van der Waals surface area contributed by atoms with E-state index >= 15 is 0 Å². The molecule has 0 spiro atoms. The van der Waals surface area contributed by atoms with Crippen molar-refractivity contribution in [3.63, 3.8) is 0 Å². The molecule has 1 aliphatic heterocycles. The molecule has 0 aromatic heterocycles. The molecule has 9 nitrogen and oxygen atoms in total. The summed E-state index contributed by atoms with van der Waals surface area (Å²) < 4.78 is 13.5. The lowest BCUT2D eigenvalue weighted by Gasteiger charge is -2.36. The number of nitrogens with zero attached hydrogens (tertiary/aromatic N) is 3. The summed E-state index contributed by atoms with van der Waals surface area (Å²) in [7, 11) is 0. The quantitative estimate of drug-likeness (QED) is 0.127. The van der Waals surface area contributed by atoms with Gasteiger partial charge in [0.2, 0.25) is 0 Å². The third-order valence-electron chi connectivity index (χ3n) is 6.71. The molecule has 4 rings (SSSR count). The maximum atomic E-state index is 13.8. The van der Waals surface area contributed by atoms with Crippen molar-refractivity contribution in [2.24, 2.45) is 17.8 Å². The smallest absolute Gasteiger partial charge is 0.273 e. The Bertz CT molecular complexity index is 1280. The Labute approximate surface area is 216 Å². The van der Waals surface area contributed by atoms with Crippen molar-refractivity contribution in [3.05, 3.63) is 87.7 Å². The number of ketones is 1. The van der Waals surface area contributed by atoms with Crippen LogP contribution >= 0.6 is 11.6 Å². The molecule has 0 saturated carbocycles. The Kier molecular flexibility index (Phi) is 7.49. The molecule has 2 aliphatic rings. The first-order chi connectivity index (χ1) is 17.6. The number of allylic oxidation sites excluding steroid dienone is 2. The molecule has 2 aromatic carbocycles. The second kappa shape index (κ2) is 10.6. The van der Waals surface area contributed by atoms with Crippen molar-refractivity contribution >= 4 is 40.8 Å². The minimum atomic E-state index is -1.37. The highest BCUT2D eigenvalue weighted by Gasteiger charge is 2.54. The zero-order valence-corrected chi connectivity index (χ0v) is 20.5. The summed E-state index contributed by atoms with van der Waals surface area (Å²) in [5.74, 6) is -5.08. The molecule has 192 valence electrons. The highest BCUT2D eigenvalue weighted by molar-refractivity contribution is 6.18. The SMILES string of the molecule is C[C@@H]1C=CC[C@@H]2C(=O)N(N(C(=O)c3ccc([N+](=O)[O-])cc3)[C@@H](CCCl)C(=O)c3ccc(F)cc3)C(=O)[C@H]12. The van der Waals surface area contributed by atoms with E-state index < -0.39 is 52.1 Å². The molecule has 1 saturated heterocycles. The normalized spacial score (nSPS) is 21.5. The zero-order valence-electron chi connectivity index (χ0n) is 19.8. The predicted molar refractivity (Wildman–Crippen MR) is 131 cm³/mol. The van der Waals surface area contributed by atoms with Crippen LogP contribution in [0.4, 0.5) is 10.1 Å². The van der Waals surface area contributed by atoms with Crippen molar-refractivity contribution in [3.8, 4) is 0 Å². The molecular formula is C26H23ClFN3O6. The number of halogens is 2. The molecular weight excluding hydrogens is 505 g/mol. The first-order valence-electron chi connectivity index (χ1n) is 11.6. The Morgan fingerprint density at radius 1 is 1.11 bits per heavy atom. The number of amides is 3. The number of nitro benzene ring substituents is 1. The number of rotatable bonds is 8. The number of non-ortho nitro benzene ring substituents is 1. The highest BCUT2D eigenvalue weighted by Crippen LogP contribution is 2.40. The van der Waals surface area contributed by atoms with Crippen LogP contribution < -0.4 is 0 Å². The molecule has 37 heavy (non-hydrogen) atoms. The average molecular weight is 528 g/mol. The monoisotopic (exact) mass is 527 g/mol. The fourth-order valence-electron chi connectivity index (χ4n) is 4.85. The van der Waals surface area contributed by atoms with Crippen molar-refractivity contribution in [2.45, 2.75) is 25.8 Å². The number of hydrogen-bond acceptors (Lipinski definition) is 6. The van der Waals surface area contributed by atoms with Gasteiger partial charge < -0.3 is 0 Å². The summed E-state index contributed by atoms with van der Waals surface area (Å²) in [6, 6.07) is 7.89. The molecule has 1 fully saturated rings. The Morgan fingerprint density at radius 2 is 1.73 bits per heavy atom. The van der Waals surface area contributed by atoms with E-state index in [1.807, 2.05) is 12.2 Å². The fourth-order valence-corrected chi connectivity index (χ4v) is 5.05. The molecule has 11 heteroatoms. The molecule has 0 bridgehead atoms. The van der Waals surface area contributed by atoms with Crippen LogP contribution in [0.5, 0.6) is 0 Å². The number of nitro groups is 1. The minimum absolute atomic E-state index is 0.0598. The van der Waals surface area contributed by atoms with Gasteiger partial charge in [-0.1, -0.05) is 19.1 Å². The minimum Gasteiger partial charge on any atom is -0.292 e. The summed E-state index contributed by atoms with van der Waals surface area (Å²) in [4.78, 5) is 65.0. The van der Waals surface area contributed by atoms with E-state index in [1.165, 1.54) is 24.3 Å². The number of hydrazine groups is 1. The van der Waals surface area contributed by atoms with E-state index in [2.05, 4.69) is 0 Å². The topological polar surface area (TPSA) is 118 Å². The number of fused-ring (bicyclic) bond motifs is 1. The maximum Gasteiger partial charge on any atom is 0.273 e. The van der Waals surface area contributed by atoms with Crippen LogP contribution in [0, 0.1) is 33.7 Å². The number of imide groups is 1. The number of alkyl halides is 1. The van der Waals surface area contributed by atoms with Crippen molar-refractivity contribution in [1.29, 1.82) is 0 Å². The van der Waals surface area contributed by atoms with Crippen LogP contribution in [-0.2, 0) is 9.59 Å². The Hall–Kier alpha value is -3.92. The Morgan fingerprint density at radius 3 is 2.30 bits per heavy atom. The van der Waals surface area contributed by atoms with Crippen molar-refractivity contribution in [1.82, 2.24) is 10.0 Å². The summed E-state index contributed by atoms with van der Waals surface area (Å²) >= 11 is 6.00. The average Bonchev–Trinajstić information content (AvgIpc) is 3.14. The number of benzene rings is 2. The van der Waals surface area contributed by atoms with Crippen LogP contribution in [0.1, 0.15) is 40.5 Å². The van der Waals surface area contributed by atoms with Gasteiger partial charge in [-0.05, 0) is 55.2 Å². The second-order valence-electron chi connectivity index (χ2n) is 8.96. The standard InChI is InChI=1S/C26H23ClFN3O6/c1-15-3-2-4-20-22(15)26(35)30(25(20)34)29(24(33)17-7-11-19(12-8-17)31(36)37)21(13-14-27)23(32)16-5-9-18(28)10-6-16/h2-3,5-12,15,20-22H,4,13-14H2,1H3/t15-,20+,21+,22-/m1/s1. The fraction of sp³-hybridized carbons (Fsp3) is 0.308. The predicted octanol–water partition coefficient (Wildman–Crippen LogP) is 4.17. The van der Waals surface area contributed by atoms with Gasteiger partial charge in [-0.25, -0.2) is 9.40 Å². The molecule has 3 amide bonds. The molecule has 0 N–H and O–H groups in total. The Balaban J connectivity index is 1.81. The van der Waals surface area contributed by atoms with Crippen LogP contribution in [0.3, 0.4) is 0 Å². The lowest BCUT2D eigenvalue weighted by Crippen LogP contribution is -2.57. The molecule has 4 atom stereocenters.